The van der Waals surface area contributed by atoms with Gasteiger partial charge < -0.3 is 9.84 Å². The molecule has 0 spiro atoms. The summed E-state index contributed by atoms with van der Waals surface area (Å²) in [5.74, 6) is -0.678. The zero-order valence-electron chi connectivity index (χ0n) is 16.9. The number of rotatable bonds is 6. The highest BCUT2D eigenvalue weighted by Gasteiger charge is 2.56. The smallest absolute Gasteiger partial charge is 0.332 e. The minimum absolute atomic E-state index is 0.310. The van der Waals surface area contributed by atoms with Crippen molar-refractivity contribution in [2.24, 2.45) is 0 Å². The van der Waals surface area contributed by atoms with Crippen LogP contribution in [0.1, 0.15) is 49.5 Å². The highest BCUT2D eigenvalue weighted by Crippen LogP contribution is 2.38. The number of ketones is 1. The lowest BCUT2D eigenvalue weighted by atomic mass is 9.84. The standard InChI is InChI=1S/C23H26INO4/c1-22(2,3)25-13-5-12-23(25,21(27)28)20(26)17-7-4-6-16(14-17)15-29-19-10-8-18(24)9-11-19/h4,6-11,14H,5,12-13,15H2,1-3H3,(H,27,28)/t23-/m1/s1. The van der Waals surface area contributed by atoms with Crippen molar-refractivity contribution in [1.82, 2.24) is 4.90 Å². The van der Waals surface area contributed by atoms with E-state index in [1.165, 1.54) is 0 Å². The Labute approximate surface area is 185 Å². The van der Waals surface area contributed by atoms with Gasteiger partial charge in [-0.2, -0.15) is 0 Å². The molecule has 6 heteroatoms. The van der Waals surface area contributed by atoms with Crippen LogP contribution in [0.2, 0.25) is 0 Å². The Bertz CT molecular complexity index is 904. The average Bonchev–Trinajstić information content (AvgIpc) is 3.14. The molecule has 1 fully saturated rings. The normalized spacial score (nSPS) is 19.9. The summed E-state index contributed by atoms with van der Waals surface area (Å²) in [4.78, 5) is 27.6. The first-order valence-corrected chi connectivity index (χ1v) is 10.8. The Morgan fingerprint density at radius 1 is 1.17 bits per heavy atom. The molecule has 1 aliphatic rings. The van der Waals surface area contributed by atoms with Crippen LogP contribution in [-0.2, 0) is 11.4 Å². The molecule has 2 aromatic carbocycles. The van der Waals surface area contributed by atoms with Crippen LogP contribution in [0.4, 0.5) is 0 Å². The summed E-state index contributed by atoms with van der Waals surface area (Å²) in [6, 6.07) is 14.8. The number of aliphatic carboxylic acids is 1. The molecule has 0 bridgehead atoms. The van der Waals surface area contributed by atoms with E-state index in [1.54, 1.807) is 18.2 Å². The number of Topliss-reactive ketones (excluding diaryl/α,β-unsaturated/α-hetero) is 1. The van der Waals surface area contributed by atoms with Gasteiger partial charge in [-0.25, -0.2) is 4.79 Å². The highest BCUT2D eigenvalue weighted by molar-refractivity contribution is 14.1. The maximum atomic E-state index is 13.5. The van der Waals surface area contributed by atoms with Crippen molar-refractivity contribution < 1.29 is 19.4 Å². The number of benzene rings is 2. The maximum absolute atomic E-state index is 13.5. The molecule has 2 aromatic rings. The minimum Gasteiger partial charge on any atom is -0.489 e. The van der Waals surface area contributed by atoms with Crippen LogP contribution in [0.15, 0.2) is 48.5 Å². The number of nitrogens with zero attached hydrogens (tertiary/aromatic N) is 1. The Balaban J connectivity index is 1.85. The quantitative estimate of drug-likeness (QED) is 0.347. The van der Waals surface area contributed by atoms with Gasteiger partial charge in [0.15, 0.2) is 11.3 Å². The van der Waals surface area contributed by atoms with Crippen LogP contribution < -0.4 is 4.74 Å². The van der Waals surface area contributed by atoms with Crippen molar-refractivity contribution >= 4 is 34.3 Å². The van der Waals surface area contributed by atoms with Gasteiger partial charge in [-0.3, -0.25) is 9.69 Å². The molecule has 0 aliphatic carbocycles. The van der Waals surface area contributed by atoms with Gasteiger partial charge in [0.25, 0.3) is 0 Å². The van der Waals surface area contributed by atoms with Crippen molar-refractivity contribution in [3.63, 3.8) is 0 Å². The van der Waals surface area contributed by atoms with Crippen LogP contribution in [-0.4, -0.2) is 39.4 Å². The molecule has 1 atom stereocenters. The van der Waals surface area contributed by atoms with E-state index >= 15 is 0 Å². The fraction of sp³-hybridized carbons (Fsp3) is 0.391. The molecule has 1 aliphatic heterocycles. The molecule has 0 unspecified atom stereocenters. The lowest BCUT2D eigenvalue weighted by molar-refractivity contribution is -0.149. The number of hydrogen-bond acceptors (Lipinski definition) is 4. The van der Waals surface area contributed by atoms with Crippen molar-refractivity contribution in [3.8, 4) is 5.75 Å². The molecule has 1 saturated heterocycles. The topological polar surface area (TPSA) is 66.8 Å². The number of hydrogen-bond donors (Lipinski definition) is 1. The van der Waals surface area contributed by atoms with Crippen LogP contribution >= 0.6 is 22.6 Å². The molecule has 0 radical (unpaired) electrons. The zero-order chi connectivity index (χ0) is 21.2. The molecule has 5 nitrogen and oxygen atoms in total. The summed E-state index contributed by atoms with van der Waals surface area (Å²) in [6.45, 7) is 6.76. The number of carboxylic acids is 1. The summed E-state index contributed by atoms with van der Waals surface area (Å²) in [5.41, 5.74) is -0.702. The molecule has 1 N–H and O–H groups in total. The fourth-order valence-electron chi connectivity index (χ4n) is 4.02. The van der Waals surface area contributed by atoms with Gasteiger partial charge in [-0.1, -0.05) is 18.2 Å². The number of halogens is 1. The zero-order valence-corrected chi connectivity index (χ0v) is 19.1. The molecular weight excluding hydrogens is 481 g/mol. The molecule has 1 heterocycles. The minimum atomic E-state index is -1.52. The summed E-state index contributed by atoms with van der Waals surface area (Å²) in [5, 5.41) is 10.1. The van der Waals surface area contributed by atoms with E-state index in [9.17, 15) is 14.7 Å². The lowest BCUT2D eigenvalue weighted by Gasteiger charge is -2.42. The SMILES string of the molecule is CC(C)(C)N1CCC[C@]1(C(=O)O)C(=O)c1cccc(COc2ccc(I)cc2)c1. The molecule has 0 saturated carbocycles. The average molecular weight is 507 g/mol. The van der Waals surface area contributed by atoms with Gasteiger partial charge in [0.2, 0.25) is 0 Å². The van der Waals surface area contributed by atoms with Crippen molar-refractivity contribution in [1.29, 1.82) is 0 Å². The van der Waals surface area contributed by atoms with Gasteiger partial charge >= 0.3 is 5.97 Å². The van der Waals surface area contributed by atoms with E-state index in [0.29, 0.717) is 31.6 Å². The van der Waals surface area contributed by atoms with Gasteiger partial charge in [-0.05, 0) is 92.1 Å². The Kier molecular flexibility index (Phi) is 6.33. The van der Waals surface area contributed by atoms with Crippen molar-refractivity contribution in [2.45, 2.75) is 51.3 Å². The van der Waals surface area contributed by atoms with Crippen LogP contribution in [0.3, 0.4) is 0 Å². The van der Waals surface area contributed by atoms with Gasteiger partial charge in [-0.15, -0.1) is 0 Å². The van der Waals surface area contributed by atoms with Crippen LogP contribution in [0.5, 0.6) is 5.75 Å². The Morgan fingerprint density at radius 2 is 1.86 bits per heavy atom. The highest BCUT2D eigenvalue weighted by atomic mass is 127. The third kappa shape index (κ3) is 4.48. The molecule has 0 aromatic heterocycles. The first-order chi connectivity index (χ1) is 13.6. The number of carbonyl (C=O) groups excluding carboxylic acids is 1. The van der Waals surface area contributed by atoms with Gasteiger partial charge in [0, 0.05) is 21.2 Å². The summed E-state index contributed by atoms with van der Waals surface area (Å²) < 4.78 is 6.94. The van der Waals surface area contributed by atoms with Crippen LogP contribution in [0.25, 0.3) is 0 Å². The third-order valence-electron chi connectivity index (χ3n) is 5.33. The van der Waals surface area contributed by atoms with Crippen molar-refractivity contribution in [2.75, 3.05) is 6.54 Å². The van der Waals surface area contributed by atoms with Gasteiger partial charge in [0.05, 0.1) is 0 Å². The summed E-state index contributed by atoms with van der Waals surface area (Å²) in [7, 11) is 0. The van der Waals surface area contributed by atoms with Gasteiger partial charge in [0.1, 0.15) is 12.4 Å². The Morgan fingerprint density at radius 3 is 2.48 bits per heavy atom. The summed E-state index contributed by atoms with van der Waals surface area (Å²) >= 11 is 2.23. The van der Waals surface area contributed by atoms with E-state index in [-0.39, 0.29) is 5.78 Å². The largest absolute Gasteiger partial charge is 0.489 e. The second-order valence-electron chi connectivity index (χ2n) is 8.36. The van der Waals surface area contributed by atoms with Crippen LogP contribution in [0, 0.1) is 3.57 Å². The predicted octanol–water partition coefficient (Wildman–Crippen LogP) is 4.77. The molecule has 29 heavy (non-hydrogen) atoms. The number of carbonyl (C=O) groups is 2. The second kappa shape index (κ2) is 8.44. The summed E-state index contributed by atoms with van der Waals surface area (Å²) in [6.07, 6.45) is 1.01. The first kappa shape index (κ1) is 21.8. The van der Waals surface area contributed by atoms with Crippen molar-refractivity contribution in [3.05, 3.63) is 63.2 Å². The first-order valence-electron chi connectivity index (χ1n) is 9.68. The molecular formula is C23H26INO4. The Hall–Kier alpha value is -1.93. The van der Waals surface area contributed by atoms with E-state index in [0.717, 1.165) is 14.9 Å². The number of likely N-dealkylation sites (tertiary alicyclic amines) is 1. The molecule has 154 valence electrons. The molecule has 0 amide bonds. The van der Waals surface area contributed by atoms with E-state index in [1.807, 2.05) is 56.0 Å². The predicted molar refractivity (Wildman–Crippen MR) is 120 cm³/mol. The monoisotopic (exact) mass is 507 g/mol. The number of ether oxygens (including phenoxy) is 1. The van der Waals surface area contributed by atoms with E-state index in [2.05, 4.69) is 22.6 Å². The van der Waals surface area contributed by atoms with E-state index < -0.39 is 17.0 Å². The molecule has 3 rings (SSSR count). The van der Waals surface area contributed by atoms with E-state index in [4.69, 9.17) is 4.74 Å². The maximum Gasteiger partial charge on any atom is 0.332 e. The second-order valence-corrected chi connectivity index (χ2v) is 9.61. The number of carboxylic acid groups (broad SMARTS) is 1. The third-order valence-corrected chi connectivity index (χ3v) is 6.05. The lowest BCUT2D eigenvalue weighted by Crippen LogP contribution is -2.62. The fourth-order valence-corrected chi connectivity index (χ4v) is 4.38.